The molecule has 0 radical (unpaired) electrons. The molecule has 0 fully saturated rings. The Morgan fingerprint density at radius 3 is 2.19 bits per heavy atom. The van der Waals surface area contributed by atoms with Gasteiger partial charge >= 0.3 is 12.1 Å². The van der Waals surface area contributed by atoms with Crippen molar-refractivity contribution in [3.05, 3.63) is 29.8 Å². The third-order valence-corrected chi connectivity index (χ3v) is 5.20. The highest BCUT2D eigenvalue weighted by molar-refractivity contribution is 5.92. The molecular formula is C27H43N3O7. The van der Waals surface area contributed by atoms with E-state index in [4.69, 9.17) is 9.47 Å². The second-order valence-electron chi connectivity index (χ2n) is 10.5. The van der Waals surface area contributed by atoms with Crippen molar-refractivity contribution < 1.29 is 33.8 Å². The Labute approximate surface area is 220 Å². The zero-order valence-corrected chi connectivity index (χ0v) is 23.3. The van der Waals surface area contributed by atoms with Gasteiger partial charge in [0.05, 0.1) is 13.0 Å². The van der Waals surface area contributed by atoms with Gasteiger partial charge in [0, 0.05) is 18.2 Å². The summed E-state index contributed by atoms with van der Waals surface area (Å²) in [5.74, 6) is -1.65. The molecule has 0 aliphatic rings. The van der Waals surface area contributed by atoms with Crippen LogP contribution in [-0.2, 0) is 23.9 Å². The summed E-state index contributed by atoms with van der Waals surface area (Å²) in [7, 11) is 0. The van der Waals surface area contributed by atoms with Gasteiger partial charge in [-0.15, -0.1) is 0 Å². The molecule has 1 aromatic rings. The van der Waals surface area contributed by atoms with Crippen LogP contribution in [0.2, 0.25) is 0 Å². The lowest BCUT2D eigenvalue weighted by molar-refractivity contribution is -0.146. The van der Waals surface area contributed by atoms with Crippen LogP contribution in [-0.4, -0.2) is 64.7 Å². The summed E-state index contributed by atoms with van der Waals surface area (Å²) in [6.07, 6.45) is -0.480. The lowest BCUT2D eigenvalue weighted by atomic mass is 9.97. The van der Waals surface area contributed by atoms with Crippen LogP contribution in [0.4, 0.5) is 4.79 Å². The van der Waals surface area contributed by atoms with E-state index in [0.29, 0.717) is 6.42 Å². The number of benzene rings is 1. The fourth-order valence-corrected chi connectivity index (χ4v) is 3.76. The van der Waals surface area contributed by atoms with Crippen LogP contribution < -0.4 is 10.6 Å². The number of phenolic OH excluding ortho intramolecular Hbond substituents is 1. The molecule has 0 bridgehead atoms. The molecule has 0 aromatic heterocycles. The lowest BCUT2D eigenvalue weighted by Crippen LogP contribution is -2.55. The van der Waals surface area contributed by atoms with Gasteiger partial charge in [-0.3, -0.25) is 14.4 Å². The molecular weight excluding hydrogens is 478 g/mol. The first-order valence-electron chi connectivity index (χ1n) is 12.7. The van der Waals surface area contributed by atoms with Crippen molar-refractivity contribution in [1.29, 1.82) is 0 Å². The van der Waals surface area contributed by atoms with Gasteiger partial charge < -0.3 is 30.1 Å². The summed E-state index contributed by atoms with van der Waals surface area (Å²) < 4.78 is 10.3. The zero-order chi connectivity index (χ0) is 28.3. The number of hydrogen-bond acceptors (Lipinski definition) is 7. The standard InChI is InChI=1S/C27H43N3O7/c1-9-36-22(32)14-15-28-24(33)23(19-12-10-11-13-21(19)31)30(18(4)5)25(34)20(16-17(2)3)29-26(35)37-27(6,7)8/h10-13,17-18,20,23,31H,9,14-16H2,1-8H3,(H,28,33)(H,29,35). The van der Waals surface area contributed by atoms with E-state index in [2.05, 4.69) is 10.6 Å². The van der Waals surface area contributed by atoms with Gasteiger partial charge in [0.15, 0.2) is 0 Å². The number of carbonyl (C=O) groups is 4. The monoisotopic (exact) mass is 521 g/mol. The van der Waals surface area contributed by atoms with Crippen molar-refractivity contribution in [2.45, 2.75) is 92.0 Å². The number of carbonyl (C=O) groups excluding carboxylic acids is 4. The van der Waals surface area contributed by atoms with Gasteiger partial charge in [-0.05, 0) is 59.9 Å². The summed E-state index contributed by atoms with van der Waals surface area (Å²) in [6.45, 7) is 14.4. The maximum absolute atomic E-state index is 13.9. The third kappa shape index (κ3) is 10.7. The quantitative estimate of drug-likeness (QED) is 0.357. The van der Waals surface area contributed by atoms with Crippen LogP contribution in [0.1, 0.15) is 79.8 Å². The average Bonchev–Trinajstić information content (AvgIpc) is 2.75. The summed E-state index contributed by atoms with van der Waals surface area (Å²) >= 11 is 0. The van der Waals surface area contributed by atoms with E-state index >= 15 is 0 Å². The number of rotatable bonds is 12. The van der Waals surface area contributed by atoms with Gasteiger partial charge in [-0.1, -0.05) is 32.0 Å². The number of amides is 3. The minimum Gasteiger partial charge on any atom is -0.508 e. The normalized spacial score (nSPS) is 13.0. The van der Waals surface area contributed by atoms with E-state index < -0.39 is 47.6 Å². The molecule has 2 atom stereocenters. The van der Waals surface area contributed by atoms with Crippen LogP contribution in [0, 0.1) is 5.92 Å². The first-order chi connectivity index (χ1) is 17.2. The molecule has 1 aromatic carbocycles. The number of aromatic hydroxyl groups is 1. The van der Waals surface area contributed by atoms with Gasteiger partial charge in [-0.25, -0.2) is 4.79 Å². The van der Waals surface area contributed by atoms with E-state index in [1.54, 1.807) is 59.7 Å². The van der Waals surface area contributed by atoms with Crippen molar-refractivity contribution in [3.63, 3.8) is 0 Å². The van der Waals surface area contributed by atoms with Gasteiger partial charge in [0.2, 0.25) is 11.8 Å². The highest BCUT2D eigenvalue weighted by Crippen LogP contribution is 2.31. The number of nitrogens with zero attached hydrogens (tertiary/aromatic N) is 1. The number of para-hydroxylation sites is 1. The Bertz CT molecular complexity index is 925. The number of esters is 1. The van der Waals surface area contributed by atoms with Gasteiger partial charge in [0.1, 0.15) is 23.4 Å². The molecule has 0 saturated carbocycles. The van der Waals surface area contributed by atoms with Crippen LogP contribution in [0.25, 0.3) is 0 Å². The highest BCUT2D eigenvalue weighted by Gasteiger charge is 2.39. The zero-order valence-electron chi connectivity index (χ0n) is 23.3. The van der Waals surface area contributed by atoms with E-state index in [-0.39, 0.29) is 36.8 Å². The van der Waals surface area contributed by atoms with Crippen LogP contribution in [0.3, 0.4) is 0 Å². The number of nitrogens with one attached hydrogen (secondary N) is 2. The molecule has 37 heavy (non-hydrogen) atoms. The molecule has 10 nitrogen and oxygen atoms in total. The highest BCUT2D eigenvalue weighted by atomic mass is 16.6. The average molecular weight is 522 g/mol. The molecule has 3 N–H and O–H groups in total. The predicted molar refractivity (Wildman–Crippen MR) is 140 cm³/mol. The van der Waals surface area contributed by atoms with Crippen LogP contribution >= 0.6 is 0 Å². The van der Waals surface area contributed by atoms with Crippen LogP contribution in [0.5, 0.6) is 5.75 Å². The summed E-state index contributed by atoms with van der Waals surface area (Å²) in [5.41, 5.74) is -0.538. The van der Waals surface area contributed by atoms with Crippen LogP contribution in [0.15, 0.2) is 24.3 Å². The molecule has 208 valence electrons. The molecule has 1 rings (SSSR count). The summed E-state index contributed by atoms with van der Waals surface area (Å²) in [4.78, 5) is 53.0. The summed E-state index contributed by atoms with van der Waals surface area (Å²) in [5, 5.41) is 15.9. The van der Waals surface area contributed by atoms with Gasteiger partial charge in [-0.2, -0.15) is 0 Å². The van der Waals surface area contributed by atoms with E-state index in [0.717, 1.165) is 0 Å². The van der Waals surface area contributed by atoms with E-state index in [1.165, 1.54) is 11.0 Å². The largest absolute Gasteiger partial charge is 0.508 e. The number of alkyl carbamates (subject to hydrolysis) is 1. The Kier molecular flexibility index (Phi) is 12.4. The van der Waals surface area contributed by atoms with Crippen molar-refractivity contribution in [2.24, 2.45) is 5.92 Å². The summed E-state index contributed by atoms with van der Waals surface area (Å²) in [6, 6.07) is 3.59. The Morgan fingerprint density at radius 1 is 1.05 bits per heavy atom. The fourth-order valence-electron chi connectivity index (χ4n) is 3.76. The molecule has 10 heteroatoms. The first-order valence-corrected chi connectivity index (χ1v) is 12.7. The number of ether oxygens (including phenoxy) is 2. The SMILES string of the molecule is CCOC(=O)CCNC(=O)C(c1ccccc1O)N(C(=O)C(CC(C)C)NC(=O)OC(C)(C)C)C(C)C. The molecule has 0 saturated heterocycles. The number of hydrogen-bond donors (Lipinski definition) is 3. The Hall–Kier alpha value is -3.30. The smallest absolute Gasteiger partial charge is 0.408 e. The van der Waals surface area contributed by atoms with Crippen molar-refractivity contribution in [1.82, 2.24) is 15.5 Å². The molecule has 2 unspecified atom stereocenters. The van der Waals surface area contributed by atoms with Crippen molar-refractivity contribution in [2.75, 3.05) is 13.2 Å². The van der Waals surface area contributed by atoms with Gasteiger partial charge in [0.25, 0.3) is 0 Å². The molecule has 0 aliphatic carbocycles. The minimum absolute atomic E-state index is 0.00648. The molecule has 0 aliphatic heterocycles. The molecule has 3 amide bonds. The first kappa shape index (κ1) is 31.7. The lowest BCUT2D eigenvalue weighted by Gasteiger charge is -2.37. The second kappa shape index (κ2) is 14.4. The maximum Gasteiger partial charge on any atom is 0.408 e. The molecule has 0 heterocycles. The second-order valence-corrected chi connectivity index (χ2v) is 10.5. The van der Waals surface area contributed by atoms with E-state index in [9.17, 15) is 24.3 Å². The number of phenols is 1. The predicted octanol–water partition coefficient (Wildman–Crippen LogP) is 3.68. The topological polar surface area (TPSA) is 134 Å². The van der Waals surface area contributed by atoms with Crippen molar-refractivity contribution in [3.8, 4) is 5.75 Å². The van der Waals surface area contributed by atoms with Crippen molar-refractivity contribution >= 4 is 23.9 Å². The maximum atomic E-state index is 13.9. The molecule has 0 spiro atoms. The fraction of sp³-hybridized carbons (Fsp3) is 0.630. The minimum atomic E-state index is -1.22. The Morgan fingerprint density at radius 2 is 1.68 bits per heavy atom. The Balaban J connectivity index is 3.38. The van der Waals surface area contributed by atoms with E-state index in [1.807, 2.05) is 13.8 Å². The third-order valence-electron chi connectivity index (χ3n) is 5.20.